The normalized spacial score (nSPS) is 10.8. The standard InChI is InChI=1S/C13H17N3O2/c1-16-11-7-4-3-6-10(11)14-13(16)15-12(17)8-5-9-18-2/h3-4,6-7H,5,8-9H2,1-2H3,(H,14,15,17). The van der Waals surface area contributed by atoms with E-state index in [0.29, 0.717) is 25.4 Å². The van der Waals surface area contributed by atoms with Crippen LogP contribution >= 0.6 is 0 Å². The Morgan fingerprint density at radius 1 is 1.44 bits per heavy atom. The Hall–Kier alpha value is -1.88. The van der Waals surface area contributed by atoms with Gasteiger partial charge in [0.25, 0.3) is 0 Å². The summed E-state index contributed by atoms with van der Waals surface area (Å²) in [6, 6.07) is 7.78. The van der Waals surface area contributed by atoms with Crippen LogP contribution in [0.25, 0.3) is 11.0 Å². The van der Waals surface area contributed by atoms with Crippen LogP contribution in [0.1, 0.15) is 12.8 Å². The van der Waals surface area contributed by atoms with E-state index in [1.165, 1.54) is 0 Å². The number of aromatic nitrogens is 2. The second-order valence-corrected chi connectivity index (χ2v) is 4.13. The SMILES string of the molecule is COCCCC(=O)Nc1nc2ccccc2n1C. The molecular formula is C13H17N3O2. The lowest BCUT2D eigenvalue weighted by molar-refractivity contribution is -0.116. The number of amides is 1. The van der Waals surface area contributed by atoms with Gasteiger partial charge >= 0.3 is 0 Å². The third kappa shape index (κ3) is 2.68. The van der Waals surface area contributed by atoms with Crippen LogP contribution in [-0.4, -0.2) is 29.2 Å². The summed E-state index contributed by atoms with van der Waals surface area (Å²) in [5.74, 6) is 0.545. The number of hydrogen-bond donors (Lipinski definition) is 1. The first-order chi connectivity index (χ1) is 8.72. The highest BCUT2D eigenvalue weighted by molar-refractivity contribution is 5.91. The zero-order chi connectivity index (χ0) is 13.0. The van der Waals surface area contributed by atoms with Gasteiger partial charge in [-0.3, -0.25) is 10.1 Å². The molecule has 5 heteroatoms. The third-order valence-corrected chi connectivity index (χ3v) is 2.79. The van der Waals surface area contributed by atoms with Crippen molar-refractivity contribution in [1.82, 2.24) is 9.55 Å². The molecule has 5 nitrogen and oxygen atoms in total. The Labute approximate surface area is 106 Å². The zero-order valence-electron chi connectivity index (χ0n) is 10.6. The minimum atomic E-state index is -0.0366. The molecule has 1 amide bonds. The number of carbonyl (C=O) groups is 1. The molecule has 0 atom stereocenters. The van der Waals surface area contributed by atoms with E-state index >= 15 is 0 Å². The number of hydrogen-bond acceptors (Lipinski definition) is 3. The summed E-state index contributed by atoms with van der Waals surface area (Å²) in [5.41, 5.74) is 1.89. The topological polar surface area (TPSA) is 56.1 Å². The first kappa shape index (κ1) is 12.6. The molecule has 1 aromatic heterocycles. The van der Waals surface area contributed by atoms with Crippen molar-refractivity contribution in [3.63, 3.8) is 0 Å². The lowest BCUT2D eigenvalue weighted by Crippen LogP contribution is -2.15. The monoisotopic (exact) mass is 247 g/mol. The number of methoxy groups -OCH3 is 1. The van der Waals surface area contributed by atoms with Gasteiger partial charge < -0.3 is 9.30 Å². The lowest BCUT2D eigenvalue weighted by Gasteiger charge is -2.04. The molecule has 0 aliphatic rings. The van der Waals surface area contributed by atoms with Crippen molar-refractivity contribution >= 4 is 22.9 Å². The maximum atomic E-state index is 11.7. The smallest absolute Gasteiger partial charge is 0.226 e. The number of imidazole rings is 1. The number of nitrogens with zero attached hydrogens (tertiary/aromatic N) is 2. The maximum absolute atomic E-state index is 11.7. The van der Waals surface area contributed by atoms with Crippen molar-refractivity contribution in [1.29, 1.82) is 0 Å². The van der Waals surface area contributed by atoms with Gasteiger partial charge in [0.1, 0.15) is 0 Å². The van der Waals surface area contributed by atoms with Gasteiger partial charge in [-0.2, -0.15) is 0 Å². The van der Waals surface area contributed by atoms with Crippen LogP contribution in [0.15, 0.2) is 24.3 Å². The molecule has 0 spiro atoms. The van der Waals surface area contributed by atoms with Gasteiger partial charge in [0, 0.05) is 27.2 Å². The largest absolute Gasteiger partial charge is 0.385 e. The Balaban J connectivity index is 2.07. The first-order valence-electron chi connectivity index (χ1n) is 5.92. The van der Waals surface area contributed by atoms with Crippen LogP contribution in [-0.2, 0) is 16.6 Å². The van der Waals surface area contributed by atoms with Crippen LogP contribution in [0.4, 0.5) is 5.95 Å². The molecular weight excluding hydrogens is 230 g/mol. The summed E-state index contributed by atoms with van der Waals surface area (Å²) < 4.78 is 6.79. The van der Waals surface area contributed by atoms with E-state index in [-0.39, 0.29) is 5.91 Å². The highest BCUT2D eigenvalue weighted by Crippen LogP contribution is 2.17. The quantitative estimate of drug-likeness (QED) is 0.821. The molecule has 0 bridgehead atoms. The molecule has 0 aliphatic carbocycles. The summed E-state index contributed by atoms with van der Waals surface area (Å²) in [4.78, 5) is 16.1. The molecule has 0 saturated heterocycles. The molecule has 2 rings (SSSR count). The summed E-state index contributed by atoms with van der Waals surface area (Å²) in [5, 5.41) is 2.82. The van der Waals surface area contributed by atoms with Crippen molar-refractivity contribution in [3.05, 3.63) is 24.3 Å². The lowest BCUT2D eigenvalue weighted by atomic mass is 10.3. The molecule has 0 aliphatic heterocycles. The van der Waals surface area contributed by atoms with Crippen LogP contribution in [0.5, 0.6) is 0 Å². The van der Waals surface area contributed by atoms with E-state index in [0.717, 1.165) is 11.0 Å². The van der Waals surface area contributed by atoms with Crippen LogP contribution < -0.4 is 5.32 Å². The highest BCUT2D eigenvalue weighted by Gasteiger charge is 2.09. The molecule has 0 fully saturated rings. The Morgan fingerprint density at radius 2 is 2.22 bits per heavy atom. The molecule has 96 valence electrons. The molecule has 0 unspecified atom stereocenters. The second-order valence-electron chi connectivity index (χ2n) is 4.13. The van der Waals surface area contributed by atoms with E-state index < -0.39 is 0 Å². The fourth-order valence-corrected chi connectivity index (χ4v) is 1.82. The van der Waals surface area contributed by atoms with E-state index in [1.807, 2.05) is 35.9 Å². The number of carbonyl (C=O) groups excluding carboxylic acids is 1. The van der Waals surface area contributed by atoms with Gasteiger partial charge in [-0.05, 0) is 18.6 Å². The van der Waals surface area contributed by atoms with E-state index in [9.17, 15) is 4.79 Å². The average molecular weight is 247 g/mol. The Kier molecular flexibility index (Phi) is 3.94. The summed E-state index contributed by atoms with van der Waals surface area (Å²) in [6.45, 7) is 0.593. The van der Waals surface area contributed by atoms with Gasteiger partial charge in [0.05, 0.1) is 11.0 Å². The summed E-state index contributed by atoms with van der Waals surface area (Å²) in [6.07, 6.45) is 1.16. The number of rotatable bonds is 5. The predicted octanol–water partition coefficient (Wildman–Crippen LogP) is 1.94. The number of anilines is 1. The van der Waals surface area contributed by atoms with Crippen molar-refractivity contribution in [2.24, 2.45) is 7.05 Å². The molecule has 2 aromatic rings. The number of ether oxygens (including phenoxy) is 1. The van der Waals surface area contributed by atoms with Crippen LogP contribution in [0.2, 0.25) is 0 Å². The number of aryl methyl sites for hydroxylation is 1. The highest BCUT2D eigenvalue weighted by atomic mass is 16.5. The number of para-hydroxylation sites is 2. The fourth-order valence-electron chi connectivity index (χ4n) is 1.82. The van der Waals surface area contributed by atoms with Gasteiger partial charge in [-0.1, -0.05) is 12.1 Å². The third-order valence-electron chi connectivity index (χ3n) is 2.79. The molecule has 1 heterocycles. The minimum absolute atomic E-state index is 0.0366. The number of nitrogens with one attached hydrogen (secondary N) is 1. The van der Waals surface area contributed by atoms with Crippen molar-refractivity contribution in [2.45, 2.75) is 12.8 Å². The van der Waals surface area contributed by atoms with Crippen LogP contribution in [0.3, 0.4) is 0 Å². The first-order valence-corrected chi connectivity index (χ1v) is 5.92. The fraction of sp³-hybridized carbons (Fsp3) is 0.385. The minimum Gasteiger partial charge on any atom is -0.385 e. The van der Waals surface area contributed by atoms with Gasteiger partial charge in [-0.15, -0.1) is 0 Å². The predicted molar refractivity (Wildman–Crippen MR) is 70.5 cm³/mol. The molecule has 18 heavy (non-hydrogen) atoms. The van der Waals surface area contributed by atoms with E-state index in [1.54, 1.807) is 7.11 Å². The maximum Gasteiger partial charge on any atom is 0.226 e. The second kappa shape index (κ2) is 5.64. The van der Waals surface area contributed by atoms with Crippen molar-refractivity contribution < 1.29 is 9.53 Å². The van der Waals surface area contributed by atoms with Crippen molar-refractivity contribution in [3.8, 4) is 0 Å². The van der Waals surface area contributed by atoms with E-state index in [2.05, 4.69) is 10.3 Å². The molecule has 1 aromatic carbocycles. The van der Waals surface area contributed by atoms with Gasteiger partial charge in [0.15, 0.2) is 0 Å². The summed E-state index contributed by atoms with van der Waals surface area (Å²) in [7, 11) is 3.52. The molecule has 0 radical (unpaired) electrons. The summed E-state index contributed by atoms with van der Waals surface area (Å²) >= 11 is 0. The van der Waals surface area contributed by atoms with Crippen LogP contribution in [0, 0.1) is 0 Å². The average Bonchev–Trinajstić information content (AvgIpc) is 2.67. The Bertz CT molecular complexity index is 548. The van der Waals surface area contributed by atoms with Gasteiger partial charge in [0.2, 0.25) is 11.9 Å². The number of fused-ring (bicyclic) bond motifs is 1. The Morgan fingerprint density at radius 3 is 2.94 bits per heavy atom. The van der Waals surface area contributed by atoms with Gasteiger partial charge in [-0.25, -0.2) is 4.98 Å². The number of benzene rings is 1. The molecule has 1 N–H and O–H groups in total. The zero-order valence-corrected chi connectivity index (χ0v) is 10.6. The van der Waals surface area contributed by atoms with Crippen molar-refractivity contribution in [2.75, 3.05) is 19.0 Å². The molecule has 0 saturated carbocycles. The van der Waals surface area contributed by atoms with E-state index in [4.69, 9.17) is 4.74 Å².